The number of fused-ring (bicyclic) bond motifs is 4. The molecule has 4 nitrogen and oxygen atoms in total. The lowest BCUT2D eigenvalue weighted by molar-refractivity contribution is 0.406. The van der Waals surface area contributed by atoms with Crippen LogP contribution in [0.25, 0.3) is 5.78 Å². The number of imidazole rings is 2. The minimum Gasteiger partial charge on any atom is -0.352 e. The van der Waals surface area contributed by atoms with E-state index in [9.17, 15) is 0 Å². The first-order valence-electron chi connectivity index (χ1n) is 9.02. The van der Waals surface area contributed by atoms with Gasteiger partial charge in [-0.1, -0.05) is 31.0 Å². The number of hydrogen-bond donors (Lipinski definition) is 0. The smallest absolute Gasteiger partial charge is 0.214 e. The minimum atomic E-state index is 0.0763. The van der Waals surface area contributed by atoms with Gasteiger partial charge in [0.15, 0.2) is 0 Å². The van der Waals surface area contributed by atoms with Crippen molar-refractivity contribution >= 4 is 11.5 Å². The Kier molecular flexibility index (Phi) is 2.74. The summed E-state index contributed by atoms with van der Waals surface area (Å²) in [5.41, 5.74) is 5.51. The fourth-order valence-electron chi connectivity index (χ4n) is 5.12. The van der Waals surface area contributed by atoms with E-state index in [1.165, 1.54) is 48.3 Å². The molecule has 0 radical (unpaired) electrons. The van der Waals surface area contributed by atoms with Crippen LogP contribution in [0.3, 0.4) is 0 Å². The van der Waals surface area contributed by atoms with Gasteiger partial charge in [-0.3, -0.25) is 4.40 Å². The Labute approximate surface area is 142 Å². The van der Waals surface area contributed by atoms with Crippen molar-refractivity contribution in [1.29, 1.82) is 0 Å². The van der Waals surface area contributed by atoms with Gasteiger partial charge in [0.05, 0.1) is 23.0 Å². The number of nitrogens with zero attached hydrogens (tertiary/aromatic N) is 4. The summed E-state index contributed by atoms with van der Waals surface area (Å²) in [6.07, 6.45) is 9.28. The van der Waals surface area contributed by atoms with Crippen LogP contribution in [-0.4, -0.2) is 14.0 Å². The molecule has 1 atom stereocenters. The zero-order valence-electron chi connectivity index (χ0n) is 14.7. The largest absolute Gasteiger partial charge is 0.352 e. The van der Waals surface area contributed by atoms with Crippen LogP contribution in [0.1, 0.15) is 55.6 Å². The van der Waals surface area contributed by atoms with Crippen LogP contribution in [0.15, 0.2) is 36.7 Å². The number of hydrogen-bond acceptors (Lipinski definition) is 2. The fraction of sp³-hybridized carbons (Fsp3) is 0.450. The van der Waals surface area contributed by atoms with Crippen molar-refractivity contribution in [3.8, 4) is 0 Å². The lowest BCUT2D eigenvalue weighted by Gasteiger charge is -2.40. The summed E-state index contributed by atoms with van der Waals surface area (Å²) in [7, 11) is 2.09. The van der Waals surface area contributed by atoms with Gasteiger partial charge in [-0.2, -0.15) is 0 Å². The maximum absolute atomic E-state index is 5.13. The van der Waals surface area contributed by atoms with Crippen molar-refractivity contribution in [2.24, 2.45) is 7.05 Å². The van der Waals surface area contributed by atoms with E-state index in [1.807, 2.05) is 0 Å². The Morgan fingerprint density at radius 3 is 2.62 bits per heavy atom. The van der Waals surface area contributed by atoms with Gasteiger partial charge < -0.3 is 9.47 Å². The summed E-state index contributed by atoms with van der Waals surface area (Å²) in [6.45, 7) is 4.58. The molecule has 2 aliphatic rings. The Morgan fingerprint density at radius 1 is 1.12 bits per heavy atom. The number of para-hydroxylation sites is 1. The van der Waals surface area contributed by atoms with E-state index >= 15 is 0 Å². The van der Waals surface area contributed by atoms with Gasteiger partial charge >= 0.3 is 0 Å². The molecule has 1 fully saturated rings. The molecule has 24 heavy (non-hydrogen) atoms. The van der Waals surface area contributed by atoms with Crippen LogP contribution < -0.4 is 4.90 Å². The van der Waals surface area contributed by atoms with Crippen LogP contribution in [0.4, 0.5) is 5.69 Å². The van der Waals surface area contributed by atoms with Crippen molar-refractivity contribution in [2.45, 2.75) is 51.1 Å². The first-order valence-corrected chi connectivity index (χ1v) is 9.02. The maximum atomic E-state index is 5.13. The highest BCUT2D eigenvalue weighted by Gasteiger charge is 2.53. The van der Waals surface area contributed by atoms with Crippen LogP contribution in [0, 0.1) is 6.92 Å². The predicted molar refractivity (Wildman–Crippen MR) is 96.4 cm³/mol. The van der Waals surface area contributed by atoms with Gasteiger partial charge in [-0.05, 0) is 38.3 Å². The SMILES string of the molecule is Cc1ccccc1N1[C@@H](C)c2c(nc3n(C)ccn23)C12CCCC2. The van der Waals surface area contributed by atoms with Crippen LogP contribution in [0.2, 0.25) is 0 Å². The third-order valence-electron chi connectivity index (χ3n) is 6.17. The summed E-state index contributed by atoms with van der Waals surface area (Å²) in [4.78, 5) is 7.80. The number of benzene rings is 1. The standard InChI is InChI=1S/C20H24N4/c1-14-8-4-5-9-16(14)24-15(2)17-18(20(24)10-6-7-11-20)21-19-22(3)12-13-23(17)19/h4-5,8-9,12-13,15H,6-7,10-11H2,1-3H3/t15-/m0/s1. The van der Waals surface area contributed by atoms with Crippen LogP contribution in [-0.2, 0) is 12.6 Å². The number of anilines is 1. The Bertz CT molecular complexity index is 926. The zero-order chi connectivity index (χ0) is 16.5. The molecule has 1 aromatic carbocycles. The lowest BCUT2D eigenvalue weighted by atomic mass is 9.92. The Hall–Kier alpha value is -2.23. The van der Waals surface area contributed by atoms with E-state index in [0.717, 1.165) is 5.78 Å². The first kappa shape index (κ1) is 14.1. The lowest BCUT2D eigenvalue weighted by Crippen LogP contribution is -2.41. The molecule has 5 rings (SSSR count). The van der Waals surface area contributed by atoms with Gasteiger partial charge in [0.2, 0.25) is 5.78 Å². The second kappa shape index (κ2) is 4.65. The van der Waals surface area contributed by atoms with E-state index in [-0.39, 0.29) is 5.54 Å². The van der Waals surface area contributed by atoms with E-state index in [0.29, 0.717) is 6.04 Å². The molecule has 4 heteroatoms. The second-order valence-electron chi connectivity index (χ2n) is 7.50. The predicted octanol–water partition coefficient (Wildman–Crippen LogP) is 4.33. The molecule has 2 aromatic heterocycles. The van der Waals surface area contributed by atoms with Crippen molar-refractivity contribution in [1.82, 2.24) is 14.0 Å². The zero-order valence-corrected chi connectivity index (χ0v) is 14.7. The summed E-state index contributed by atoms with van der Waals surface area (Å²) in [5.74, 6) is 1.07. The third-order valence-corrected chi connectivity index (χ3v) is 6.17. The average molecular weight is 320 g/mol. The van der Waals surface area contributed by atoms with Gasteiger partial charge in [-0.15, -0.1) is 0 Å². The molecule has 0 bridgehead atoms. The van der Waals surface area contributed by atoms with Crippen LogP contribution in [0.5, 0.6) is 0 Å². The summed E-state index contributed by atoms with van der Waals surface area (Å²) < 4.78 is 4.43. The minimum absolute atomic E-state index is 0.0763. The van der Waals surface area contributed by atoms with E-state index in [4.69, 9.17) is 4.98 Å². The molecule has 0 unspecified atom stereocenters. The van der Waals surface area contributed by atoms with Gasteiger partial charge in [-0.25, -0.2) is 4.98 Å². The maximum Gasteiger partial charge on any atom is 0.214 e. The molecular formula is C20H24N4. The molecule has 3 heterocycles. The van der Waals surface area contributed by atoms with E-state index < -0.39 is 0 Å². The molecule has 1 spiro atoms. The quantitative estimate of drug-likeness (QED) is 0.667. The van der Waals surface area contributed by atoms with Gasteiger partial charge in [0, 0.05) is 25.1 Å². The molecule has 1 saturated carbocycles. The Balaban J connectivity index is 1.79. The molecular weight excluding hydrogens is 296 g/mol. The molecule has 1 aliphatic heterocycles. The van der Waals surface area contributed by atoms with Crippen LogP contribution >= 0.6 is 0 Å². The summed E-state index contributed by atoms with van der Waals surface area (Å²) in [5, 5.41) is 0. The second-order valence-corrected chi connectivity index (χ2v) is 7.50. The van der Waals surface area contributed by atoms with Gasteiger partial charge in [0.1, 0.15) is 0 Å². The molecule has 0 amide bonds. The fourth-order valence-corrected chi connectivity index (χ4v) is 5.12. The highest BCUT2D eigenvalue weighted by molar-refractivity contribution is 5.63. The molecule has 0 N–H and O–H groups in total. The monoisotopic (exact) mass is 320 g/mol. The van der Waals surface area contributed by atoms with Gasteiger partial charge in [0.25, 0.3) is 0 Å². The summed E-state index contributed by atoms with van der Waals surface area (Å²) in [6, 6.07) is 9.16. The van der Waals surface area contributed by atoms with E-state index in [1.54, 1.807) is 0 Å². The first-order chi connectivity index (χ1) is 11.6. The molecule has 0 saturated heterocycles. The number of aromatic nitrogens is 3. The molecule has 124 valence electrons. The van der Waals surface area contributed by atoms with Crippen molar-refractivity contribution in [3.05, 3.63) is 53.6 Å². The number of rotatable bonds is 1. The molecule has 1 aliphatic carbocycles. The highest BCUT2D eigenvalue weighted by Crippen LogP contribution is 2.56. The average Bonchev–Trinajstić information content (AvgIpc) is 3.29. The third kappa shape index (κ3) is 1.56. The topological polar surface area (TPSA) is 25.5 Å². The normalized spacial score (nSPS) is 22.0. The van der Waals surface area contributed by atoms with E-state index in [2.05, 4.69) is 71.4 Å². The van der Waals surface area contributed by atoms with Crippen molar-refractivity contribution < 1.29 is 0 Å². The summed E-state index contributed by atoms with van der Waals surface area (Å²) >= 11 is 0. The van der Waals surface area contributed by atoms with Crippen molar-refractivity contribution in [3.63, 3.8) is 0 Å². The van der Waals surface area contributed by atoms with Crippen molar-refractivity contribution in [2.75, 3.05) is 4.90 Å². The molecule has 3 aromatic rings. The highest BCUT2D eigenvalue weighted by atomic mass is 15.3. The Morgan fingerprint density at radius 2 is 1.88 bits per heavy atom. The number of aryl methyl sites for hydroxylation is 2.